The van der Waals surface area contributed by atoms with Gasteiger partial charge in [0, 0.05) is 12.0 Å². The first kappa shape index (κ1) is 17.4. The Balaban J connectivity index is 4.25. The molecule has 3 heteroatoms. The van der Waals surface area contributed by atoms with Gasteiger partial charge in [0.1, 0.15) is 0 Å². The largest absolute Gasteiger partial charge is 0.351 e. The molecule has 3 nitrogen and oxygen atoms in total. The van der Waals surface area contributed by atoms with Crippen LogP contribution in [0.5, 0.6) is 0 Å². The summed E-state index contributed by atoms with van der Waals surface area (Å²) >= 11 is 0. The van der Waals surface area contributed by atoms with Crippen molar-refractivity contribution in [2.24, 2.45) is 17.1 Å². The van der Waals surface area contributed by atoms with Crippen molar-refractivity contribution in [2.45, 2.75) is 72.8 Å². The molecule has 0 aliphatic carbocycles. The highest BCUT2D eigenvalue weighted by Crippen LogP contribution is 2.26. The quantitative estimate of drug-likeness (QED) is 0.735. The zero-order chi connectivity index (χ0) is 14.4. The van der Waals surface area contributed by atoms with E-state index in [-0.39, 0.29) is 16.9 Å². The van der Waals surface area contributed by atoms with Crippen molar-refractivity contribution < 1.29 is 4.79 Å². The minimum absolute atomic E-state index is 0.146. The third-order valence-corrected chi connectivity index (χ3v) is 3.41. The van der Waals surface area contributed by atoms with Crippen molar-refractivity contribution in [1.29, 1.82) is 0 Å². The molecule has 18 heavy (non-hydrogen) atoms. The van der Waals surface area contributed by atoms with Gasteiger partial charge in [-0.3, -0.25) is 4.79 Å². The highest BCUT2D eigenvalue weighted by atomic mass is 16.1. The van der Waals surface area contributed by atoms with Gasteiger partial charge in [0.05, 0.1) is 0 Å². The van der Waals surface area contributed by atoms with Gasteiger partial charge in [-0.15, -0.1) is 0 Å². The number of carbonyl (C=O) groups excluding carboxylic acids is 1. The molecular weight excluding hydrogens is 224 g/mol. The Labute approximate surface area is 113 Å². The molecule has 0 heterocycles. The molecule has 1 amide bonds. The molecule has 0 radical (unpaired) electrons. The van der Waals surface area contributed by atoms with E-state index in [1.54, 1.807) is 0 Å². The van der Waals surface area contributed by atoms with Crippen LogP contribution in [0.1, 0.15) is 67.2 Å². The summed E-state index contributed by atoms with van der Waals surface area (Å²) in [5, 5.41) is 3.14. The molecule has 2 atom stereocenters. The molecule has 0 bridgehead atoms. The molecule has 0 aliphatic rings. The van der Waals surface area contributed by atoms with Crippen LogP contribution in [-0.4, -0.2) is 18.0 Å². The van der Waals surface area contributed by atoms with Gasteiger partial charge >= 0.3 is 0 Å². The smallest absolute Gasteiger partial charge is 0.220 e. The number of amides is 1. The van der Waals surface area contributed by atoms with Gasteiger partial charge in [-0.25, -0.2) is 0 Å². The molecule has 0 rings (SSSR count). The second-order valence-electron chi connectivity index (χ2n) is 7.08. The van der Waals surface area contributed by atoms with Crippen molar-refractivity contribution in [3.63, 3.8) is 0 Å². The van der Waals surface area contributed by atoms with Gasteiger partial charge in [-0.2, -0.15) is 0 Å². The molecule has 0 aromatic carbocycles. The van der Waals surface area contributed by atoms with Crippen LogP contribution in [0.25, 0.3) is 0 Å². The molecule has 2 unspecified atom stereocenters. The predicted molar refractivity (Wildman–Crippen MR) is 78.4 cm³/mol. The van der Waals surface area contributed by atoms with Gasteiger partial charge in [0.15, 0.2) is 0 Å². The minimum atomic E-state index is -0.146. The molecule has 3 N–H and O–H groups in total. The number of hydrogen-bond acceptors (Lipinski definition) is 2. The zero-order valence-electron chi connectivity index (χ0n) is 13.1. The SMILES string of the molecule is CCC(C)(CCN)NC(=O)CC(C)CC(C)(C)C. The fourth-order valence-corrected chi connectivity index (χ4v) is 2.47. The highest BCUT2D eigenvalue weighted by molar-refractivity contribution is 5.76. The van der Waals surface area contributed by atoms with Gasteiger partial charge in [-0.1, -0.05) is 34.6 Å². The zero-order valence-corrected chi connectivity index (χ0v) is 13.1. The lowest BCUT2D eigenvalue weighted by molar-refractivity contribution is -0.124. The minimum Gasteiger partial charge on any atom is -0.351 e. The first-order chi connectivity index (χ1) is 8.12. The van der Waals surface area contributed by atoms with Crippen LogP contribution in [0, 0.1) is 11.3 Å². The van der Waals surface area contributed by atoms with E-state index in [0.29, 0.717) is 18.9 Å². The van der Waals surface area contributed by atoms with E-state index in [1.165, 1.54) is 0 Å². The fraction of sp³-hybridized carbons (Fsp3) is 0.933. The van der Waals surface area contributed by atoms with E-state index in [9.17, 15) is 4.79 Å². The summed E-state index contributed by atoms with van der Waals surface area (Å²) in [6.07, 6.45) is 3.43. The van der Waals surface area contributed by atoms with Crippen molar-refractivity contribution in [3.05, 3.63) is 0 Å². The number of carbonyl (C=O) groups is 1. The summed E-state index contributed by atoms with van der Waals surface area (Å²) in [6, 6.07) is 0. The van der Waals surface area contributed by atoms with Crippen LogP contribution >= 0.6 is 0 Å². The fourth-order valence-electron chi connectivity index (χ4n) is 2.47. The lowest BCUT2D eigenvalue weighted by atomic mass is 9.84. The van der Waals surface area contributed by atoms with Crippen LogP contribution in [0.4, 0.5) is 0 Å². The number of nitrogens with two attached hydrogens (primary N) is 1. The Hall–Kier alpha value is -0.570. The molecule has 0 aliphatic heterocycles. The molecule has 0 fully saturated rings. The van der Waals surface area contributed by atoms with E-state index in [1.807, 2.05) is 0 Å². The average molecular weight is 256 g/mol. The summed E-state index contributed by atoms with van der Waals surface area (Å²) in [5.41, 5.74) is 5.74. The maximum atomic E-state index is 12.0. The summed E-state index contributed by atoms with van der Waals surface area (Å²) in [6.45, 7) is 13.6. The van der Waals surface area contributed by atoms with Crippen LogP contribution < -0.4 is 11.1 Å². The maximum Gasteiger partial charge on any atom is 0.220 e. The second-order valence-corrected chi connectivity index (χ2v) is 7.08. The monoisotopic (exact) mass is 256 g/mol. The van der Waals surface area contributed by atoms with Gasteiger partial charge in [0.25, 0.3) is 0 Å². The summed E-state index contributed by atoms with van der Waals surface area (Å²) in [7, 11) is 0. The molecule has 108 valence electrons. The van der Waals surface area contributed by atoms with E-state index < -0.39 is 0 Å². The van der Waals surface area contributed by atoms with Gasteiger partial charge < -0.3 is 11.1 Å². The lowest BCUT2D eigenvalue weighted by Crippen LogP contribution is -2.47. The third kappa shape index (κ3) is 7.70. The molecule has 0 saturated heterocycles. The number of nitrogens with one attached hydrogen (secondary N) is 1. The third-order valence-electron chi connectivity index (χ3n) is 3.41. The van der Waals surface area contributed by atoms with Gasteiger partial charge in [0.2, 0.25) is 5.91 Å². The molecule has 0 aromatic heterocycles. The number of hydrogen-bond donors (Lipinski definition) is 2. The molecule has 0 saturated carbocycles. The van der Waals surface area contributed by atoms with Crippen molar-refractivity contribution in [1.82, 2.24) is 5.32 Å². The number of rotatable bonds is 7. The van der Waals surface area contributed by atoms with Crippen LogP contribution in [0.3, 0.4) is 0 Å². The standard InChI is InChI=1S/C15H32N2O/c1-7-15(6,8-9-16)17-13(18)10-12(2)11-14(3,4)5/h12H,7-11,16H2,1-6H3,(H,17,18). The van der Waals surface area contributed by atoms with Crippen LogP contribution in [0.2, 0.25) is 0 Å². The summed E-state index contributed by atoms with van der Waals surface area (Å²) in [5.74, 6) is 0.577. The summed E-state index contributed by atoms with van der Waals surface area (Å²) < 4.78 is 0. The molecule has 0 spiro atoms. The normalized spacial score (nSPS) is 17.1. The lowest BCUT2D eigenvalue weighted by Gasteiger charge is -2.30. The van der Waals surface area contributed by atoms with E-state index in [4.69, 9.17) is 5.73 Å². The van der Waals surface area contributed by atoms with E-state index in [2.05, 4.69) is 46.9 Å². The Morgan fingerprint density at radius 1 is 1.28 bits per heavy atom. The Bertz CT molecular complexity index is 258. The van der Waals surface area contributed by atoms with Crippen LogP contribution in [-0.2, 0) is 4.79 Å². The Kier molecular flexibility index (Phi) is 6.90. The highest BCUT2D eigenvalue weighted by Gasteiger charge is 2.25. The Morgan fingerprint density at radius 2 is 1.83 bits per heavy atom. The van der Waals surface area contributed by atoms with E-state index in [0.717, 1.165) is 19.3 Å². The first-order valence-electron chi connectivity index (χ1n) is 7.13. The van der Waals surface area contributed by atoms with Gasteiger partial charge in [-0.05, 0) is 44.1 Å². The van der Waals surface area contributed by atoms with Crippen molar-refractivity contribution >= 4 is 5.91 Å². The maximum absolute atomic E-state index is 12.0. The van der Waals surface area contributed by atoms with Crippen molar-refractivity contribution in [3.8, 4) is 0 Å². The second kappa shape index (κ2) is 7.13. The van der Waals surface area contributed by atoms with Crippen molar-refractivity contribution in [2.75, 3.05) is 6.54 Å². The topological polar surface area (TPSA) is 55.1 Å². The average Bonchev–Trinajstić information content (AvgIpc) is 2.14. The summed E-state index contributed by atoms with van der Waals surface area (Å²) in [4.78, 5) is 12.0. The first-order valence-corrected chi connectivity index (χ1v) is 7.13. The Morgan fingerprint density at radius 3 is 2.22 bits per heavy atom. The molecule has 0 aromatic rings. The predicted octanol–water partition coefficient (Wildman–Crippen LogP) is 3.08. The van der Waals surface area contributed by atoms with E-state index >= 15 is 0 Å². The van der Waals surface area contributed by atoms with Crippen LogP contribution in [0.15, 0.2) is 0 Å². The molecular formula is C15H32N2O.